The van der Waals surface area contributed by atoms with Gasteiger partial charge in [-0.25, -0.2) is 14.4 Å². The van der Waals surface area contributed by atoms with Gasteiger partial charge in [0.2, 0.25) is 0 Å². The highest BCUT2D eigenvalue weighted by molar-refractivity contribution is 7.18. The van der Waals surface area contributed by atoms with Gasteiger partial charge in [-0.15, -0.1) is 24.5 Å². The van der Waals surface area contributed by atoms with Crippen molar-refractivity contribution in [2.75, 3.05) is 11.9 Å². The number of anilines is 1. The number of rotatable bonds is 8. The molecule has 0 aliphatic rings. The van der Waals surface area contributed by atoms with Crippen molar-refractivity contribution in [3.05, 3.63) is 83.4 Å². The summed E-state index contributed by atoms with van der Waals surface area (Å²) in [7, 11) is 0. The first kappa shape index (κ1) is 24.8. The molecule has 0 saturated carbocycles. The number of para-hydroxylation sites is 1. The van der Waals surface area contributed by atoms with Gasteiger partial charge in [0.15, 0.2) is 17.4 Å². The van der Waals surface area contributed by atoms with E-state index in [-0.39, 0.29) is 5.56 Å². The van der Waals surface area contributed by atoms with E-state index in [1.54, 1.807) is 36.0 Å². The van der Waals surface area contributed by atoms with Crippen molar-refractivity contribution < 1.29 is 26.7 Å². The number of aryl methyl sites for hydroxylation is 2. The van der Waals surface area contributed by atoms with Gasteiger partial charge in [-0.2, -0.15) is 0 Å². The molecule has 3 heterocycles. The maximum absolute atomic E-state index is 14.0. The lowest BCUT2D eigenvalue weighted by Crippen LogP contribution is -2.18. The Morgan fingerprint density at radius 1 is 1.03 bits per heavy atom. The molecule has 0 aliphatic carbocycles. The summed E-state index contributed by atoms with van der Waals surface area (Å²) in [4.78, 5) is 11.4. The van der Waals surface area contributed by atoms with E-state index in [9.17, 15) is 17.6 Å². The lowest BCUT2D eigenvalue weighted by atomic mass is 10.0. The molecular formula is C27H21F4N3O2S. The number of aromatic nitrogens is 2. The van der Waals surface area contributed by atoms with Crippen LogP contribution in [0.3, 0.4) is 0 Å². The second-order valence-electron chi connectivity index (χ2n) is 8.38. The van der Waals surface area contributed by atoms with Crippen LogP contribution in [0.25, 0.3) is 32.7 Å². The zero-order chi connectivity index (χ0) is 26.0. The first-order valence-electron chi connectivity index (χ1n) is 11.4. The molecule has 5 aromatic rings. The zero-order valence-electron chi connectivity index (χ0n) is 19.6. The molecule has 1 N–H and O–H groups in total. The van der Waals surface area contributed by atoms with Crippen molar-refractivity contribution in [3.8, 4) is 28.3 Å². The third kappa shape index (κ3) is 5.75. The third-order valence-electron chi connectivity index (χ3n) is 5.68. The first-order valence-corrected chi connectivity index (χ1v) is 12.3. The monoisotopic (exact) mass is 527 g/mol. The van der Waals surface area contributed by atoms with E-state index < -0.39 is 17.9 Å². The van der Waals surface area contributed by atoms with E-state index in [4.69, 9.17) is 4.42 Å². The Labute approximate surface area is 213 Å². The molecule has 190 valence electrons. The maximum atomic E-state index is 14.0. The van der Waals surface area contributed by atoms with Crippen molar-refractivity contribution in [3.63, 3.8) is 0 Å². The van der Waals surface area contributed by atoms with E-state index in [0.717, 1.165) is 50.9 Å². The molecule has 0 fully saturated rings. The molecule has 0 amide bonds. The van der Waals surface area contributed by atoms with E-state index in [2.05, 4.69) is 26.1 Å². The topological polar surface area (TPSA) is 60.2 Å². The lowest BCUT2D eigenvalue weighted by Gasteiger charge is -2.14. The molecule has 0 atom stereocenters. The van der Waals surface area contributed by atoms with Gasteiger partial charge in [0.05, 0.1) is 17.2 Å². The average Bonchev–Trinajstić information content (AvgIpc) is 3.52. The highest BCUT2D eigenvalue weighted by atomic mass is 32.1. The van der Waals surface area contributed by atoms with E-state index >= 15 is 0 Å². The number of benzene rings is 2. The molecule has 0 bridgehead atoms. The number of hydrogen-bond donors (Lipinski definition) is 1. The molecule has 5 rings (SSSR count). The molecule has 0 saturated heterocycles. The molecular weight excluding hydrogens is 506 g/mol. The van der Waals surface area contributed by atoms with Crippen molar-refractivity contribution in [1.82, 2.24) is 9.97 Å². The Kier molecular flexibility index (Phi) is 6.84. The summed E-state index contributed by atoms with van der Waals surface area (Å²) in [6.07, 6.45) is -0.276. The fourth-order valence-electron chi connectivity index (χ4n) is 4.00. The minimum Gasteiger partial charge on any atom is -0.472 e. The molecule has 0 aliphatic heterocycles. The smallest absolute Gasteiger partial charge is 0.472 e. The van der Waals surface area contributed by atoms with Gasteiger partial charge in [-0.3, -0.25) is 0 Å². The van der Waals surface area contributed by atoms with Crippen LogP contribution in [0.1, 0.15) is 16.9 Å². The summed E-state index contributed by atoms with van der Waals surface area (Å²) in [5.74, 6) is -0.557. The van der Waals surface area contributed by atoms with E-state index in [1.165, 1.54) is 12.1 Å². The normalized spacial score (nSPS) is 11.7. The fourth-order valence-corrected chi connectivity index (χ4v) is 4.88. The SMILES string of the molecule is Cc1cc2c(NCCCc3ccc(-c4cccc(F)c4OC(F)(F)F)cc3)nc(-c3ccoc3)nc2s1. The van der Waals surface area contributed by atoms with Crippen molar-refractivity contribution in [2.45, 2.75) is 26.1 Å². The predicted molar refractivity (Wildman–Crippen MR) is 135 cm³/mol. The van der Waals surface area contributed by atoms with Crippen LogP contribution in [0.5, 0.6) is 5.75 Å². The average molecular weight is 528 g/mol. The van der Waals surface area contributed by atoms with Crippen LogP contribution < -0.4 is 10.1 Å². The first-order chi connectivity index (χ1) is 17.8. The van der Waals surface area contributed by atoms with Crippen molar-refractivity contribution in [2.24, 2.45) is 0 Å². The molecule has 10 heteroatoms. The predicted octanol–water partition coefficient (Wildman–Crippen LogP) is 8.01. The van der Waals surface area contributed by atoms with Crippen LogP contribution in [0.15, 0.2) is 71.5 Å². The van der Waals surface area contributed by atoms with E-state index in [0.29, 0.717) is 17.9 Å². The van der Waals surface area contributed by atoms with E-state index in [1.807, 2.05) is 25.1 Å². The molecule has 2 aromatic carbocycles. The summed E-state index contributed by atoms with van der Waals surface area (Å²) in [6.45, 7) is 2.68. The number of hydrogen-bond acceptors (Lipinski definition) is 6. The quantitative estimate of drug-likeness (QED) is 0.164. The molecule has 0 spiro atoms. The number of furan rings is 1. The number of alkyl halides is 3. The fraction of sp³-hybridized carbons (Fsp3) is 0.185. The molecule has 37 heavy (non-hydrogen) atoms. The Hall–Kier alpha value is -3.92. The zero-order valence-corrected chi connectivity index (χ0v) is 20.4. The second-order valence-corrected chi connectivity index (χ2v) is 9.61. The summed E-state index contributed by atoms with van der Waals surface area (Å²) < 4.78 is 61.4. The third-order valence-corrected chi connectivity index (χ3v) is 6.62. The van der Waals surface area contributed by atoms with Gasteiger partial charge in [-0.05, 0) is 49.1 Å². The van der Waals surface area contributed by atoms with Crippen LogP contribution in [0.2, 0.25) is 0 Å². The second kappa shape index (κ2) is 10.2. The van der Waals surface area contributed by atoms with Crippen LogP contribution >= 0.6 is 11.3 Å². The van der Waals surface area contributed by atoms with Gasteiger partial charge in [0.1, 0.15) is 16.9 Å². The van der Waals surface area contributed by atoms with Crippen LogP contribution in [0, 0.1) is 12.7 Å². The number of thiophene rings is 1. The summed E-state index contributed by atoms with van der Waals surface area (Å²) >= 11 is 1.60. The maximum Gasteiger partial charge on any atom is 0.573 e. The van der Waals surface area contributed by atoms with Gasteiger partial charge >= 0.3 is 6.36 Å². The number of halogens is 4. The van der Waals surface area contributed by atoms with Gasteiger partial charge < -0.3 is 14.5 Å². The number of ether oxygens (including phenoxy) is 1. The van der Waals surface area contributed by atoms with Crippen molar-refractivity contribution >= 4 is 27.4 Å². The molecule has 0 radical (unpaired) electrons. The van der Waals surface area contributed by atoms with Crippen LogP contribution in [-0.2, 0) is 6.42 Å². The number of fused-ring (bicyclic) bond motifs is 1. The Balaban J connectivity index is 1.25. The Morgan fingerprint density at radius 2 is 1.84 bits per heavy atom. The van der Waals surface area contributed by atoms with Gasteiger partial charge in [0.25, 0.3) is 0 Å². The molecule has 0 unspecified atom stereocenters. The molecule has 5 nitrogen and oxygen atoms in total. The highest BCUT2D eigenvalue weighted by Gasteiger charge is 2.33. The standard InChI is InChI=1S/C27H21F4N3O2S/c1-16-14-21-25(33-24(34-26(21)37-16)19-11-13-35-15-19)32-12-3-4-17-7-9-18(10-8-17)20-5-2-6-22(28)23(20)36-27(29,30)31/h2,5-11,13-15H,3-4,12H2,1H3,(H,32,33,34). The van der Waals surface area contributed by atoms with Crippen LogP contribution in [0.4, 0.5) is 23.4 Å². The largest absolute Gasteiger partial charge is 0.573 e. The minimum atomic E-state index is -4.99. The van der Waals surface area contributed by atoms with Crippen LogP contribution in [-0.4, -0.2) is 22.9 Å². The summed E-state index contributed by atoms with van der Waals surface area (Å²) in [5, 5.41) is 4.37. The number of nitrogens with zero attached hydrogens (tertiary/aromatic N) is 2. The summed E-state index contributed by atoms with van der Waals surface area (Å²) in [5.41, 5.74) is 2.28. The number of nitrogens with one attached hydrogen (secondary N) is 1. The molecule has 3 aromatic heterocycles. The Morgan fingerprint density at radius 3 is 2.57 bits per heavy atom. The lowest BCUT2D eigenvalue weighted by molar-refractivity contribution is -0.275. The highest BCUT2D eigenvalue weighted by Crippen LogP contribution is 2.36. The van der Waals surface area contributed by atoms with Crippen molar-refractivity contribution in [1.29, 1.82) is 0 Å². The summed E-state index contributed by atoms with van der Waals surface area (Å²) in [6, 6.07) is 14.5. The Bertz CT molecular complexity index is 1510. The minimum absolute atomic E-state index is 0.0396. The van der Waals surface area contributed by atoms with Gasteiger partial charge in [-0.1, -0.05) is 36.4 Å². The van der Waals surface area contributed by atoms with Gasteiger partial charge in [0, 0.05) is 17.0 Å².